The fraction of sp³-hybridized carbons (Fsp3) is 0.211. The Morgan fingerprint density at radius 1 is 1.00 bits per heavy atom. The van der Waals surface area contributed by atoms with Gasteiger partial charge in [-0.2, -0.15) is 5.10 Å². The lowest BCUT2D eigenvalue weighted by Gasteiger charge is -2.13. The lowest BCUT2D eigenvalue weighted by atomic mass is 10.1. The van der Waals surface area contributed by atoms with Crippen LogP contribution in [0.15, 0.2) is 36.4 Å². The number of aromatic nitrogens is 2. The van der Waals surface area contributed by atoms with Crippen LogP contribution in [0.5, 0.6) is 17.2 Å². The molecule has 0 saturated carbocycles. The maximum atomic E-state index is 12.5. The third-order valence-corrected chi connectivity index (χ3v) is 3.98. The number of nitrogens with one attached hydrogen (secondary N) is 1. The van der Waals surface area contributed by atoms with Crippen LogP contribution in [0.1, 0.15) is 20.8 Å². The molecule has 140 valence electrons. The molecule has 1 heterocycles. The lowest BCUT2D eigenvalue weighted by molar-refractivity contribution is 0.0470. The topological polar surface area (TPSA) is 99.7 Å². The van der Waals surface area contributed by atoms with Gasteiger partial charge in [-0.05, 0) is 18.2 Å². The van der Waals surface area contributed by atoms with Crippen LogP contribution < -0.4 is 14.2 Å². The smallest absolute Gasteiger partial charge is 0.359 e. The number of carbonyl (C=O) groups excluding carboxylic acids is 2. The summed E-state index contributed by atoms with van der Waals surface area (Å²) in [6.07, 6.45) is 0. The number of hydrogen-bond donors (Lipinski definition) is 1. The van der Waals surface area contributed by atoms with E-state index in [0.717, 1.165) is 0 Å². The minimum absolute atomic E-state index is 0.128. The van der Waals surface area contributed by atoms with Crippen molar-refractivity contribution in [1.29, 1.82) is 0 Å². The van der Waals surface area contributed by atoms with E-state index in [1.54, 1.807) is 18.2 Å². The van der Waals surface area contributed by atoms with Gasteiger partial charge in [0.2, 0.25) is 11.5 Å². The van der Waals surface area contributed by atoms with Gasteiger partial charge in [-0.15, -0.1) is 0 Å². The van der Waals surface area contributed by atoms with Crippen molar-refractivity contribution in [3.8, 4) is 17.2 Å². The van der Waals surface area contributed by atoms with E-state index >= 15 is 0 Å². The van der Waals surface area contributed by atoms with Crippen molar-refractivity contribution in [2.75, 3.05) is 27.9 Å². The number of benzene rings is 2. The average molecular weight is 370 g/mol. The van der Waals surface area contributed by atoms with E-state index in [4.69, 9.17) is 18.9 Å². The predicted molar refractivity (Wildman–Crippen MR) is 96.8 cm³/mol. The molecule has 0 atom stereocenters. The van der Waals surface area contributed by atoms with Gasteiger partial charge in [0.1, 0.15) is 0 Å². The third-order valence-electron chi connectivity index (χ3n) is 3.98. The molecule has 1 N–H and O–H groups in total. The molecule has 0 aliphatic heterocycles. The van der Waals surface area contributed by atoms with Gasteiger partial charge in [-0.3, -0.25) is 9.89 Å². The number of carbonyl (C=O) groups is 2. The highest BCUT2D eigenvalue weighted by Gasteiger charge is 2.20. The van der Waals surface area contributed by atoms with Gasteiger partial charge < -0.3 is 18.9 Å². The van der Waals surface area contributed by atoms with E-state index in [1.165, 1.54) is 33.5 Å². The van der Waals surface area contributed by atoms with E-state index in [0.29, 0.717) is 28.2 Å². The van der Waals surface area contributed by atoms with Gasteiger partial charge >= 0.3 is 5.97 Å². The van der Waals surface area contributed by atoms with Crippen LogP contribution in [0.2, 0.25) is 0 Å². The number of methoxy groups -OCH3 is 3. The van der Waals surface area contributed by atoms with Crippen LogP contribution in [0.4, 0.5) is 0 Å². The van der Waals surface area contributed by atoms with Crippen molar-refractivity contribution in [3.05, 3.63) is 47.7 Å². The molecule has 0 radical (unpaired) electrons. The molecule has 8 heteroatoms. The molecule has 0 aliphatic carbocycles. The first-order valence-corrected chi connectivity index (χ1v) is 8.02. The second-order valence-electron chi connectivity index (χ2n) is 5.53. The summed E-state index contributed by atoms with van der Waals surface area (Å²) in [6.45, 7) is -0.446. The molecule has 0 saturated heterocycles. The van der Waals surface area contributed by atoms with E-state index < -0.39 is 18.4 Å². The second kappa shape index (κ2) is 7.77. The SMILES string of the molecule is COc1cc(C(=O)COC(=O)c2n[nH]c3ccccc23)cc(OC)c1OC. The van der Waals surface area contributed by atoms with Crippen LogP contribution >= 0.6 is 0 Å². The lowest BCUT2D eigenvalue weighted by Crippen LogP contribution is -2.15. The van der Waals surface area contributed by atoms with Crippen LogP contribution in [-0.2, 0) is 4.74 Å². The number of ketones is 1. The molecule has 0 amide bonds. The monoisotopic (exact) mass is 370 g/mol. The Morgan fingerprint density at radius 2 is 1.67 bits per heavy atom. The number of fused-ring (bicyclic) bond motifs is 1. The second-order valence-corrected chi connectivity index (χ2v) is 5.53. The number of H-pyrrole nitrogens is 1. The van der Waals surface area contributed by atoms with Gasteiger partial charge in [0.25, 0.3) is 0 Å². The highest BCUT2D eigenvalue weighted by Crippen LogP contribution is 2.38. The van der Waals surface area contributed by atoms with E-state index in [-0.39, 0.29) is 11.3 Å². The fourth-order valence-corrected chi connectivity index (χ4v) is 2.64. The molecule has 27 heavy (non-hydrogen) atoms. The quantitative estimate of drug-likeness (QED) is 0.504. The molecule has 0 unspecified atom stereocenters. The average Bonchev–Trinajstić information content (AvgIpc) is 3.14. The molecular formula is C19H18N2O6. The molecule has 3 aromatic rings. The number of ether oxygens (including phenoxy) is 4. The largest absolute Gasteiger partial charge is 0.493 e. The van der Waals surface area contributed by atoms with Gasteiger partial charge in [0, 0.05) is 10.9 Å². The van der Waals surface area contributed by atoms with Gasteiger partial charge in [-0.1, -0.05) is 18.2 Å². The summed E-state index contributed by atoms with van der Waals surface area (Å²) in [4.78, 5) is 24.7. The van der Waals surface area contributed by atoms with E-state index in [2.05, 4.69) is 10.2 Å². The van der Waals surface area contributed by atoms with Crippen LogP contribution in [0.25, 0.3) is 10.9 Å². The highest BCUT2D eigenvalue weighted by molar-refractivity contribution is 6.04. The van der Waals surface area contributed by atoms with Gasteiger partial charge in [0.15, 0.2) is 23.8 Å². The van der Waals surface area contributed by atoms with Gasteiger partial charge in [-0.25, -0.2) is 4.79 Å². The maximum absolute atomic E-state index is 12.5. The number of hydrogen-bond acceptors (Lipinski definition) is 7. The molecule has 2 aromatic carbocycles. The van der Waals surface area contributed by atoms with Crippen molar-refractivity contribution in [2.24, 2.45) is 0 Å². The number of aromatic amines is 1. The Kier molecular flexibility index (Phi) is 5.25. The first-order valence-electron chi connectivity index (χ1n) is 8.02. The van der Waals surface area contributed by atoms with Crippen molar-refractivity contribution in [1.82, 2.24) is 10.2 Å². The molecule has 0 spiro atoms. The Morgan fingerprint density at radius 3 is 2.30 bits per heavy atom. The highest BCUT2D eigenvalue weighted by atomic mass is 16.5. The van der Waals surface area contributed by atoms with Crippen molar-refractivity contribution < 1.29 is 28.5 Å². The molecule has 0 aliphatic rings. The standard InChI is InChI=1S/C19H18N2O6/c1-24-15-8-11(9-16(25-2)18(15)26-3)14(22)10-27-19(23)17-12-6-4-5-7-13(12)20-21-17/h4-9H,10H2,1-3H3,(H,20,21). The summed E-state index contributed by atoms with van der Waals surface area (Å²) in [5.41, 5.74) is 1.10. The fourth-order valence-electron chi connectivity index (χ4n) is 2.64. The molecule has 0 fully saturated rings. The molecule has 3 rings (SSSR count). The number of esters is 1. The molecule has 1 aromatic heterocycles. The van der Waals surface area contributed by atoms with Crippen molar-refractivity contribution in [3.63, 3.8) is 0 Å². The molecule has 8 nitrogen and oxygen atoms in total. The number of rotatable bonds is 7. The van der Waals surface area contributed by atoms with Crippen LogP contribution in [-0.4, -0.2) is 49.9 Å². The molecule has 0 bridgehead atoms. The Hall–Kier alpha value is -3.55. The minimum atomic E-state index is -0.687. The Balaban J connectivity index is 1.76. The van der Waals surface area contributed by atoms with Crippen molar-refractivity contribution >= 4 is 22.7 Å². The minimum Gasteiger partial charge on any atom is -0.493 e. The van der Waals surface area contributed by atoms with E-state index in [1.807, 2.05) is 6.07 Å². The Labute approximate surface area is 155 Å². The zero-order chi connectivity index (χ0) is 19.4. The summed E-state index contributed by atoms with van der Waals surface area (Å²) < 4.78 is 20.8. The zero-order valence-electron chi connectivity index (χ0n) is 15.1. The normalized spacial score (nSPS) is 10.5. The van der Waals surface area contributed by atoms with Crippen LogP contribution in [0.3, 0.4) is 0 Å². The maximum Gasteiger partial charge on any atom is 0.359 e. The third kappa shape index (κ3) is 3.55. The first kappa shape index (κ1) is 18.2. The predicted octanol–water partition coefficient (Wildman–Crippen LogP) is 2.63. The first-order chi connectivity index (χ1) is 13.1. The number of para-hydroxylation sites is 1. The summed E-state index contributed by atoms with van der Waals surface area (Å²) in [5, 5.41) is 7.33. The number of nitrogens with zero attached hydrogens (tertiary/aromatic N) is 1. The Bertz CT molecular complexity index is 970. The molecular weight excluding hydrogens is 352 g/mol. The summed E-state index contributed by atoms with van der Waals surface area (Å²) in [6, 6.07) is 10.2. The van der Waals surface area contributed by atoms with Crippen LogP contribution in [0, 0.1) is 0 Å². The summed E-state index contributed by atoms with van der Waals surface area (Å²) >= 11 is 0. The number of Topliss-reactive ketones (excluding diaryl/α,β-unsaturated/α-hetero) is 1. The summed E-state index contributed by atoms with van der Waals surface area (Å²) in [5.74, 6) is -0.0538. The van der Waals surface area contributed by atoms with Gasteiger partial charge in [0.05, 0.1) is 26.8 Å². The summed E-state index contributed by atoms with van der Waals surface area (Å²) in [7, 11) is 4.38. The van der Waals surface area contributed by atoms with Crippen molar-refractivity contribution in [2.45, 2.75) is 0 Å². The van der Waals surface area contributed by atoms with E-state index in [9.17, 15) is 9.59 Å². The zero-order valence-corrected chi connectivity index (χ0v) is 15.1.